The van der Waals surface area contributed by atoms with Crippen LogP contribution in [-0.4, -0.2) is 51.6 Å². The van der Waals surface area contributed by atoms with Gasteiger partial charge in [-0.15, -0.1) is 0 Å². The number of amides is 1. The van der Waals surface area contributed by atoms with Crippen LogP contribution in [0.4, 0.5) is 4.79 Å². The van der Waals surface area contributed by atoms with Gasteiger partial charge in [0.25, 0.3) is 0 Å². The van der Waals surface area contributed by atoms with Crippen LogP contribution in [-0.2, 0) is 15.8 Å². The Balaban J connectivity index is 1.38. The van der Waals surface area contributed by atoms with Gasteiger partial charge in [0.05, 0.1) is 6.10 Å². The second kappa shape index (κ2) is 9.41. The fourth-order valence-corrected chi connectivity index (χ4v) is 5.35. The summed E-state index contributed by atoms with van der Waals surface area (Å²) in [5.74, 6) is 0. The first-order valence-corrected chi connectivity index (χ1v) is 14.4. The molecule has 0 radical (unpaired) electrons. The molecule has 2 fully saturated rings. The lowest BCUT2D eigenvalue weighted by molar-refractivity contribution is 0.0166. The van der Waals surface area contributed by atoms with Crippen LogP contribution in [0.3, 0.4) is 0 Å². The van der Waals surface area contributed by atoms with Crippen molar-refractivity contribution in [3.63, 3.8) is 0 Å². The van der Waals surface area contributed by atoms with E-state index in [1.165, 1.54) is 19.3 Å². The Bertz CT molecular complexity index is 698. The molecule has 30 heavy (non-hydrogen) atoms. The quantitative estimate of drug-likeness (QED) is 0.454. The number of benzene rings is 1. The van der Waals surface area contributed by atoms with Crippen molar-refractivity contribution >= 4 is 14.4 Å². The van der Waals surface area contributed by atoms with Crippen LogP contribution in [0.1, 0.15) is 52.0 Å². The Morgan fingerprint density at radius 3 is 2.53 bits per heavy atom. The van der Waals surface area contributed by atoms with Crippen molar-refractivity contribution in [2.24, 2.45) is 5.41 Å². The van der Waals surface area contributed by atoms with E-state index in [0.29, 0.717) is 24.7 Å². The highest BCUT2D eigenvalue weighted by molar-refractivity contribution is 6.74. The van der Waals surface area contributed by atoms with Crippen molar-refractivity contribution in [1.29, 1.82) is 0 Å². The fourth-order valence-electron chi connectivity index (χ4n) is 3.96. The van der Waals surface area contributed by atoms with E-state index in [0.717, 1.165) is 31.6 Å². The maximum atomic E-state index is 11.9. The van der Waals surface area contributed by atoms with Crippen LogP contribution in [0.15, 0.2) is 30.3 Å². The van der Waals surface area contributed by atoms with Crippen LogP contribution in [0, 0.1) is 5.41 Å². The lowest BCUT2D eigenvalue weighted by atomic mass is 9.90. The summed E-state index contributed by atoms with van der Waals surface area (Å²) in [4.78, 5) is 14.4. The first kappa shape index (κ1) is 23.3. The third-order valence-corrected chi connectivity index (χ3v) is 11.8. The van der Waals surface area contributed by atoms with Crippen molar-refractivity contribution < 1.29 is 14.0 Å². The molecule has 1 saturated heterocycles. The molecule has 1 atom stereocenters. The van der Waals surface area contributed by atoms with Crippen molar-refractivity contribution in [2.45, 2.75) is 77.3 Å². The van der Waals surface area contributed by atoms with Gasteiger partial charge >= 0.3 is 6.09 Å². The molecule has 1 amide bonds. The van der Waals surface area contributed by atoms with Gasteiger partial charge in [0.2, 0.25) is 0 Å². The summed E-state index contributed by atoms with van der Waals surface area (Å²) in [7, 11) is -1.76. The van der Waals surface area contributed by atoms with Gasteiger partial charge in [0.1, 0.15) is 6.61 Å². The molecule has 5 nitrogen and oxygen atoms in total. The number of hydrogen-bond donors (Lipinski definition) is 1. The largest absolute Gasteiger partial charge is 0.445 e. The van der Waals surface area contributed by atoms with Crippen LogP contribution >= 0.6 is 0 Å². The van der Waals surface area contributed by atoms with Crippen LogP contribution in [0.25, 0.3) is 0 Å². The third-order valence-electron chi connectivity index (χ3n) is 7.30. The number of piperidine rings is 1. The average molecular weight is 433 g/mol. The summed E-state index contributed by atoms with van der Waals surface area (Å²) in [6.45, 7) is 15.8. The van der Waals surface area contributed by atoms with Crippen molar-refractivity contribution in [2.75, 3.05) is 26.2 Å². The highest BCUT2D eigenvalue weighted by Gasteiger charge is 2.54. The minimum Gasteiger partial charge on any atom is -0.445 e. The Labute approximate surface area is 183 Å². The van der Waals surface area contributed by atoms with Crippen LogP contribution < -0.4 is 5.32 Å². The molecule has 3 rings (SSSR count). The van der Waals surface area contributed by atoms with Crippen molar-refractivity contribution in [3.8, 4) is 0 Å². The number of nitrogens with one attached hydrogen (secondary N) is 1. The normalized spacial score (nSPS) is 21.4. The summed E-state index contributed by atoms with van der Waals surface area (Å²) in [5.41, 5.74) is 1.45. The van der Waals surface area contributed by atoms with E-state index in [9.17, 15) is 4.79 Å². The van der Waals surface area contributed by atoms with E-state index >= 15 is 0 Å². The van der Waals surface area contributed by atoms with E-state index in [1.807, 2.05) is 30.3 Å². The topological polar surface area (TPSA) is 50.8 Å². The van der Waals surface area contributed by atoms with Gasteiger partial charge in [0.15, 0.2) is 8.32 Å². The Hall–Kier alpha value is -1.37. The number of likely N-dealkylation sites (tertiary alicyclic amines) is 1. The molecule has 0 unspecified atom stereocenters. The zero-order valence-corrected chi connectivity index (χ0v) is 20.5. The maximum Gasteiger partial charge on any atom is 0.407 e. The molecule has 0 bridgehead atoms. The smallest absolute Gasteiger partial charge is 0.407 e. The predicted octanol–water partition coefficient (Wildman–Crippen LogP) is 5.18. The van der Waals surface area contributed by atoms with Gasteiger partial charge in [-0.05, 0) is 67.9 Å². The molecule has 0 aromatic heterocycles. The Morgan fingerprint density at radius 2 is 1.90 bits per heavy atom. The summed E-state index contributed by atoms with van der Waals surface area (Å²) < 4.78 is 12.2. The van der Waals surface area contributed by atoms with Crippen LogP contribution in [0.2, 0.25) is 18.1 Å². The highest BCUT2D eigenvalue weighted by Crippen LogP contribution is 2.56. The zero-order valence-electron chi connectivity index (χ0n) is 19.5. The third kappa shape index (κ3) is 6.08. The lowest BCUT2D eigenvalue weighted by Gasteiger charge is -2.46. The SMILES string of the molecule is CC(C)(C)[Si](C)(C)O[C@@H]1CN(CCCNC(=O)OCc2ccccc2)CCC12CC2. The molecular weight excluding hydrogens is 392 g/mol. The fraction of sp³-hybridized carbons (Fsp3) is 0.708. The summed E-state index contributed by atoms with van der Waals surface area (Å²) in [5, 5.41) is 3.12. The molecule has 1 heterocycles. The minimum absolute atomic E-state index is 0.245. The van der Waals surface area contributed by atoms with E-state index < -0.39 is 8.32 Å². The maximum absolute atomic E-state index is 11.9. The van der Waals surface area contributed by atoms with Gasteiger partial charge in [-0.1, -0.05) is 51.1 Å². The van der Waals surface area contributed by atoms with E-state index in [-0.39, 0.29) is 11.1 Å². The van der Waals surface area contributed by atoms with Gasteiger partial charge in [0, 0.05) is 13.1 Å². The second-order valence-corrected chi connectivity index (χ2v) is 15.4. The number of ether oxygens (including phenoxy) is 1. The highest BCUT2D eigenvalue weighted by atomic mass is 28.4. The summed E-state index contributed by atoms with van der Waals surface area (Å²) >= 11 is 0. The minimum atomic E-state index is -1.76. The van der Waals surface area contributed by atoms with Gasteiger partial charge < -0.3 is 19.4 Å². The molecule has 1 spiro atoms. The first-order valence-electron chi connectivity index (χ1n) is 11.5. The van der Waals surface area contributed by atoms with E-state index in [2.05, 4.69) is 44.1 Å². The standard InChI is InChI=1S/C24H40N2O3Si/c1-23(2,3)30(4,5)29-21-18-26(17-14-24(21)12-13-24)16-9-15-25-22(27)28-19-20-10-7-6-8-11-20/h6-8,10-11,21H,9,12-19H2,1-5H3,(H,25,27)/t21-/m1/s1. The molecular formula is C24H40N2O3Si. The first-order chi connectivity index (χ1) is 14.1. The molecule has 2 aliphatic rings. The van der Waals surface area contributed by atoms with Gasteiger partial charge in [-0.25, -0.2) is 4.79 Å². The summed E-state index contributed by atoms with van der Waals surface area (Å²) in [6, 6.07) is 9.76. The molecule has 1 aromatic rings. The average Bonchev–Trinajstić information content (AvgIpc) is 3.46. The summed E-state index contributed by atoms with van der Waals surface area (Å²) in [6.07, 6.45) is 4.87. The number of nitrogens with zero attached hydrogens (tertiary/aromatic N) is 1. The molecule has 1 aliphatic carbocycles. The molecule has 6 heteroatoms. The monoisotopic (exact) mass is 432 g/mol. The van der Waals surface area contributed by atoms with Crippen molar-refractivity contribution in [1.82, 2.24) is 10.2 Å². The number of carbonyl (C=O) groups excluding carboxylic acids is 1. The molecule has 1 aromatic carbocycles. The van der Waals surface area contributed by atoms with E-state index in [4.69, 9.17) is 9.16 Å². The van der Waals surface area contributed by atoms with Crippen LogP contribution in [0.5, 0.6) is 0 Å². The number of carbonyl (C=O) groups is 1. The number of alkyl carbamates (subject to hydrolysis) is 1. The Kier molecular flexibility index (Phi) is 7.31. The number of rotatable bonds is 8. The van der Waals surface area contributed by atoms with Gasteiger partial charge in [-0.2, -0.15) is 0 Å². The molecule has 1 aliphatic heterocycles. The lowest BCUT2D eigenvalue weighted by Crippen LogP contribution is -2.53. The predicted molar refractivity (Wildman–Crippen MR) is 124 cm³/mol. The zero-order chi connectivity index (χ0) is 21.8. The van der Waals surface area contributed by atoms with Gasteiger partial charge in [-0.3, -0.25) is 0 Å². The van der Waals surface area contributed by atoms with Crippen molar-refractivity contribution in [3.05, 3.63) is 35.9 Å². The number of hydrogen-bond acceptors (Lipinski definition) is 4. The molecule has 168 valence electrons. The second-order valence-electron chi connectivity index (χ2n) is 10.6. The molecule has 1 saturated carbocycles. The van der Waals surface area contributed by atoms with E-state index in [1.54, 1.807) is 0 Å². The Morgan fingerprint density at radius 1 is 1.20 bits per heavy atom. The molecule has 1 N–H and O–H groups in total.